The fourth-order valence-electron chi connectivity index (χ4n) is 1.36. The van der Waals surface area contributed by atoms with Crippen LogP contribution in [0.4, 0.5) is 0 Å². The normalized spacial score (nSPS) is 12.0. The van der Waals surface area contributed by atoms with E-state index in [0.717, 1.165) is 5.40 Å². The topological polar surface area (TPSA) is 0 Å². The standard InChI is InChI=1S/C9H22P2/c1-6-7-8-9(10(2)3)11(4)5/h9H,6-8H2,1-5H3. The van der Waals surface area contributed by atoms with E-state index in [0.29, 0.717) is 15.8 Å². The third-order valence-electron chi connectivity index (χ3n) is 2.01. The molecule has 68 valence electrons. The zero-order chi connectivity index (χ0) is 8.85. The summed E-state index contributed by atoms with van der Waals surface area (Å²) in [4.78, 5) is 0. The first-order valence-electron chi connectivity index (χ1n) is 4.42. The highest BCUT2D eigenvalue weighted by Gasteiger charge is 2.15. The van der Waals surface area contributed by atoms with Gasteiger partial charge < -0.3 is 0 Å². The van der Waals surface area contributed by atoms with Gasteiger partial charge in [0, 0.05) is 0 Å². The van der Waals surface area contributed by atoms with Gasteiger partial charge in [0.15, 0.2) is 0 Å². The molecule has 0 nitrogen and oxygen atoms in total. The average Bonchev–Trinajstić information content (AvgIpc) is 1.87. The predicted octanol–water partition coefficient (Wildman–Crippen LogP) is 3.99. The van der Waals surface area contributed by atoms with Gasteiger partial charge in [0.05, 0.1) is 0 Å². The van der Waals surface area contributed by atoms with E-state index in [9.17, 15) is 0 Å². The highest BCUT2D eigenvalue weighted by Crippen LogP contribution is 2.52. The second-order valence-electron chi connectivity index (χ2n) is 3.55. The molecule has 0 aliphatic rings. The number of hydrogen-bond donors (Lipinski definition) is 0. The summed E-state index contributed by atoms with van der Waals surface area (Å²) in [5, 5.41) is 1.07. The third kappa shape index (κ3) is 5.15. The minimum absolute atomic E-state index is 0.314. The van der Waals surface area contributed by atoms with Crippen LogP contribution in [0.2, 0.25) is 0 Å². The molecule has 0 fully saturated rings. The van der Waals surface area contributed by atoms with Gasteiger partial charge in [-0.3, -0.25) is 0 Å². The lowest BCUT2D eigenvalue weighted by Crippen LogP contribution is -2.00. The molecule has 0 unspecified atom stereocenters. The van der Waals surface area contributed by atoms with Crippen molar-refractivity contribution < 1.29 is 0 Å². The molecule has 0 heterocycles. The summed E-state index contributed by atoms with van der Waals surface area (Å²) in [6.07, 6.45) is 4.28. The molecule has 0 aliphatic carbocycles. The number of rotatable bonds is 5. The Bertz CT molecular complexity index is 81.6. The van der Waals surface area contributed by atoms with Crippen molar-refractivity contribution in [1.82, 2.24) is 0 Å². The smallest absolute Gasteiger partial charge is 0.00157 e. The molecular formula is C9H22P2. The van der Waals surface area contributed by atoms with E-state index in [1.165, 1.54) is 19.3 Å². The highest BCUT2D eigenvalue weighted by molar-refractivity contribution is 7.74. The van der Waals surface area contributed by atoms with Crippen LogP contribution in [0.25, 0.3) is 0 Å². The van der Waals surface area contributed by atoms with Gasteiger partial charge in [0.25, 0.3) is 0 Å². The van der Waals surface area contributed by atoms with Crippen molar-refractivity contribution in [2.75, 3.05) is 26.7 Å². The van der Waals surface area contributed by atoms with Crippen molar-refractivity contribution >= 4 is 15.8 Å². The summed E-state index contributed by atoms with van der Waals surface area (Å²) < 4.78 is 0. The van der Waals surface area contributed by atoms with Gasteiger partial charge in [-0.2, -0.15) is 0 Å². The Kier molecular flexibility index (Phi) is 6.88. The molecule has 0 saturated carbocycles. The zero-order valence-electron chi connectivity index (χ0n) is 8.59. The summed E-state index contributed by atoms with van der Waals surface area (Å²) in [5.41, 5.74) is 0. The summed E-state index contributed by atoms with van der Waals surface area (Å²) in [6.45, 7) is 12.0. The molecule has 0 saturated heterocycles. The molecule has 0 bridgehead atoms. The minimum Gasteiger partial charge on any atom is -0.106 e. The van der Waals surface area contributed by atoms with Crippen LogP contribution in [-0.4, -0.2) is 32.1 Å². The summed E-state index contributed by atoms with van der Waals surface area (Å²) >= 11 is 0. The van der Waals surface area contributed by atoms with Crippen LogP contribution < -0.4 is 0 Å². The maximum Gasteiger partial charge on any atom is -0.00157 e. The van der Waals surface area contributed by atoms with Gasteiger partial charge in [-0.05, 0) is 38.5 Å². The van der Waals surface area contributed by atoms with Crippen LogP contribution in [0.5, 0.6) is 0 Å². The molecule has 0 radical (unpaired) electrons. The third-order valence-corrected chi connectivity index (χ3v) is 7.68. The average molecular weight is 192 g/mol. The molecule has 0 amide bonds. The van der Waals surface area contributed by atoms with Crippen LogP contribution in [-0.2, 0) is 0 Å². The largest absolute Gasteiger partial charge is 0.106 e. The van der Waals surface area contributed by atoms with Gasteiger partial charge in [-0.1, -0.05) is 19.8 Å². The first-order chi connectivity index (χ1) is 5.09. The van der Waals surface area contributed by atoms with E-state index in [1.54, 1.807) is 0 Å². The summed E-state index contributed by atoms with van der Waals surface area (Å²) in [6, 6.07) is 0. The van der Waals surface area contributed by atoms with Gasteiger partial charge in [-0.25, -0.2) is 0 Å². The van der Waals surface area contributed by atoms with Crippen LogP contribution in [0, 0.1) is 0 Å². The number of hydrogen-bond acceptors (Lipinski definition) is 0. The van der Waals surface area contributed by atoms with Crippen LogP contribution in [0.15, 0.2) is 0 Å². The lowest BCUT2D eigenvalue weighted by Gasteiger charge is -2.25. The van der Waals surface area contributed by atoms with Gasteiger partial charge >= 0.3 is 0 Å². The molecule has 11 heavy (non-hydrogen) atoms. The maximum atomic E-state index is 2.43. The molecule has 2 heteroatoms. The molecule has 0 N–H and O–H groups in total. The van der Waals surface area contributed by atoms with E-state index >= 15 is 0 Å². The predicted molar refractivity (Wildman–Crippen MR) is 60.8 cm³/mol. The van der Waals surface area contributed by atoms with Crippen LogP contribution in [0.3, 0.4) is 0 Å². The molecule has 0 aromatic carbocycles. The Hall–Kier alpha value is 0.860. The van der Waals surface area contributed by atoms with Crippen molar-refractivity contribution in [2.45, 2.75) is 31.6 Å². The quantitative estimate of drug-likeness (QED) is 0.578. The van der Waals surface area contributed by atoms with Crippen molar-refractivity contribution in [1.29, 1.82) is 0 Å². The second kappa shape index (κ2) is 6.38. The molecule has 0 aromatic heterocycles. The van der Waals surface area contributed by atoms with Gasteiger partial charge in [-0.15, -0.1) is 15.8 Å². The summed E-state index contributed by atoms with van der Waals surface area (Å²) in [7, 11) is 0.628. The molecule has 0 rings (SSSR count). The Labute approximate surface area is 74.7 Å². The van der Waals surface area contributed by atoms with Crippen molar-refractivity contribution in [3.05, 3.63) is 0 Å². The highest BCUT2D eigenvalue weighted by atomic mass is 31.2. The Morgan fingerprint density at radius 2 is 1.45 bits per heavy atom. The van der Waals surface area contributed by atoms with E-state index in [2.05, 4.69) is 33.6 Å². The SMILES string of the molecule is CCCCC(P(C)C)P(C)C. The van der Waals surface area contributed by atoms with E-state index in [1.807, 2.05) is 0 Å². The first kappa shape index (κ1) is 11.9. The van der Waals surface area contributed by atoms with Crippen LogP contribution in [0.1, 0.15) is 26.2 Å². The summed E-state index contributed by atoms with van der Waals surface area (Å²) in [5.74, 6) is 0. The van der Waals surface area contributed by atoms with Gasteiger partial charge in [0.1, 0.15) is 0 Å². The first-order valence-corrected chi connectivity index (χ1v) is 9.03. The fourth-order valence-corrected chi connectivity index (χ4v) is 6.46. The van der Waals surface area contributed by atoms with Crippen molar-refractivity contribution in [3.8, 4) is 0 Å². The Balaban J connectivity index is 3.70. The minimum atomic E-state index is 0.314. The Morgan fingerprint density at radius 1 is 1.00 bits per heavy atom. The van der Waals surface area contributed by atoms with E-state index in [-0.39, 0.29) is 0 Å². The zero-order valence-corrected chi connectivity index (χ0v) is 10.4. The number of unbranched alkanes of at least 4 members (excludes halogenated alkanes) is 1. The van der Waals surface area contributed by atoms with E-state index in [4.69, 9.17) is 0 Å². The lowest BCUT2D eigenvalue weighted by molar-refractivity contribution is 0.757. The molecule has 0 atom stereocenters. The lowest BCUT2D eigenvalue weighted by atomic mass is 10.3. The molecule has 0 aromatic rings. The van der Waals surface area contributed by atoms with Crippen LogP contribution >= 0.6 is 15.8 Å². The van der Waals surface area contributed by atoms with Crippen molar-refractivity contribution in [3.63, 3.8) is 0 Å². The molecular weight excluding hydrogens is 170 g/mol. The van der Waals surface area contributed by atoms with E-state index < -0.39 is 0 Å². The molecule has 0 spiro atoms. The molecule has 0 aliphatic heterocycles. The fraction of sp³-hybridized carbons (Fsp3) is 1.00. The second-order valence-corrected chi connectivity index (χ2v) is 9.06. The van der Waals surface area contributed by atoms with Crippen molar-refractivity contribution in [2.24, 2.45) is 0 Å². The van der Waals surface area contributed by atoms with Gasteiger partial charge in [0.2, 0.25) is 0 Å². The Morgan fingerprint density at radius 3 is 1.73 bits per heavy atom. The monoisotopic (exact) mass is 192 g/mol. The maximum absolute atomic E-state index is 2.43.